The summed E-state index contributed by atoms with van der Waals surface area (Å²) in [5, 5.41) is 5.07. The van der Waals surface area contributed by atoms with Crippen LogP contribution in [0.2, 0.25) is 0 Å². The fourth-order valence-corrected chi connectivity index (χ4v) is 3.56. The number of rotatable bonds is 5. The van der Waals surface area contributed by atoms with Crippen molar-refractivity contribution in [3.8, 4) is 0 Å². The van der Waals surface area contributed by atoms with E-state index in [1.54, 1.807) is 22.7 Å². The number of nitrogen functional groups attached to an aromatic ring is 1. The number of aromatic nitrogens is 2. The number of fused-ring (bicyclic) bond motifs is 1. The molecule has 6 heteroatoms. The number of thiophene rings is 2. The lowest BCUT2D eigenvalue weighted by Crippen LogP contribution is -2.22. The van der Waals surface area contributed by atoms with E-state index in [1.165, 1.54) is 4.88 Å². The Morgan fingerprint density at radius 1 is 1.20 bits per heavy atom. The van der Waals surface area contributed by atoms with Crippen LogP contribution in [-0.4, -0.2) is 28.5 Å². The van der Waals surface area contributed by atoms with Crippen molar-refractivity contribution in [3.63, 3.8) is 0 Å². The Kier molecular flexibility index (Phi) is 3.95. The topological polar surface area (TPSA) is 55.0 Å². The second-order valence-corrected chi connectivity index (χ2v) is 6.66. The molecule has 4 nitrogen and oxygen atoms in total. The average molecular weight is 304 g/mol. The Labute approximate surface area is 125 Å². The van der Waals surface area contributed by atoms with Gasteiger partial charge in [0.1, 0.15) is 16.5 Å². The van der Waals surface area contributed by atoms with E-state index in [9.17, 15) is 0 Å². The van der Waals surface area contributed by atoms with Gasteiger partial charge in [-0.3, -0.25) is 4.90 Å². The minimum Gasteiger partial charge on any atom is -0.383 e. The molecule has 104 valence electrons. The third-order valence-corrected chi connectivity index (χ3v) is 4.88. The SMILES string of the molecule is CN(CCc1cccs1)Cc1nc(N)c2ccsc2n1. The van der Waals surface area contributed by atoms with Gasteiger partial charge in [0, 0.05) is 11.4 Å². The smallest absolute Gasteiger partial charge is 0.146 e. The normalized spacial score (nSPS) is 11.5. The van der Waals surface area contributed by atoms with E-state index in [4.69, 9.17) is 5.73 Å². The predicted octanol–water partition coefficient (Wildman–Crippen LogP) is 3.01. The number of nitrogens with zero attached hydrogens (tertiary/aromatic N) is 3. The van der Waals surface area contributed by atoms with Crippen molar-refractivity contribution in [2.75, 3.05) is 19.3 Å². The van der Waals surface area contributed by atoms with E-state index < -0.39 is 0 Å². The van der Waals surface area contributed by atoms with Crippen molar-refractivity contribution in [2.24, 2.45) is 0 Å². The summed E-state index contributed by atoms with van der Waals surface area (Å²) in [5.74, 6) is 1.38. The van der Waals surface area contributed by atoms with Gasteiger partial charge in [-0.2, -0.15) is 0 Å². The highest BCUT2D eigenvalue weighted by atomic mass is 32.1. The molecule has 0 amide bonds. The summed E-state index contributed by atoms with van der Waals surface area (Å²) in [5.41, 5.74) is 5.97. The second kappa shape index (κ2) is 5.87. The van der Waals surface area contributed by atoms with Crippen molar-refractivity contribution in [1.82, 2.24) is 14.9 Å². The number of hydrogen-bond donors (Lipinski definition) is 1. The van der Waals surface area contributed by atoms with Gasteiger partial charge in [0.25, 0.3) is 0 Å². The highest BCUT2D eigenvalue weighted by molar-refractivity contribution is 7.16. The molecule has 0 saturated heterocycles. The first-order valence-electron chi connectivity index (χ1n) is 6.43. The zero-order valence-corrected chi connectivity index (χ0v) is 12.9. The number of hydrogen-bond acceptors (Lipinski definition) is 6. The first-order chi connectivity index (χ1) is 9.72. The third kappa shape index (κ3) is 2.98. The van der Waals surface area contributed by atoms with Gasteiger partial charge in [-0.05, 0) is 36.4 Å². The summed E-state index contributed by atoms with van der Waals surface area (Å²) in [7, 11) is 2.09. The minimum atomic E-state index is 0.581. The molecule has 2 N–H and O–H groups in total. The summed E-state index contributed by atoms with van der Waals surface area (Å²) >= 11 is 3.41. The molecule has 3 rings (SSSR count). The zero-order valence-electron chi connectivity index (χ0n) is 11.2. The molecular weight excluding hydrogens is 288 g/mol. The Bertz CT molecular complexity index is 690. The van der Waals surface area contributed by atoms with Crippen molar-refractivity contribution >= 4 is 38.7 Å². The Morgan fingerprint density at radius 3 is 2.90 bits per heavy atom. The molecule has 3 aromatic heterocycles. The summed E-state index contributed by atoms with van der Waals surface area (Å²) in [6.45, 7) is 1.72. The van der Waals surface area contributed by atoms with Crippen LogP contribution in [0.5, 0.6) is 0 Å². The number of anilines is 1. The van der Waals surface area contributed by atoms with Crippen molar-refractivity contribution in [2.45, 2.75) is 13.0 Å². The fourth-order valence-electron chi connectivity index (χ4n) is 2.07. The van der Waals surface area contributed by atoms with Gasteiger partial charge in [-0.15, -0.1) is 22.7 Å². The quantitative estimate of drug-likeness (QED) is 0.787. The monoisotopic (exact) mass is 304 g/mol. The van der Waals surface area contributed by atoms with Gasteiger partial charge in [-0.25, -0.2) is 9.97 Å². The molecule has 0 bridgehead atoms. The van der Waals surface area contributed by atoms with Crippen LogP contribution in [0.1, 0.15) is 10.7 Å². The number of nitrogens with two attached hydrogens (primary N) is 1. The largest absolute Gasteiger partial charge is 0.383 e. The highest BCUT2D eigenvalue weighted by Gasteiger charge is 2.08. The minimum absolute atomic E-state index is 0.581. The highest BCUT2D eigenvalue weighted by Crippen LogP contribution is 2.23. The van der Waals surface area contributed by atoms with Crippen LogP contribution in [0.3, 0.4) is 0 Å². The van der Waals surface area contributed by atoms with E-state index in [-0.39, 0.29) is 0 Å². The van der Waals surface area contributed by atoms with E-state index >= 15 is 0 Å². The Morgan fingerprint density at radius 2 is 2.10 bits per heavy atom. The summed E-state index contributed by atoms with van der Waals surface area (Å²) < 4.78 is 0. The second-order valence-electron chi connectivity index (χ2n) is 4.73. The van der Waals surface area contributed by atoms with Gasteiger partial charge < -0.3 is 5.73 Å². The molecule has 0 aliphatic rings. The number of likely N-dealkylation sites (N-methyl/N-ethyl adjacent to an activating group) is 1. The zero-order chi connectivity index (χ0) is 13.9. The lowest BCUT2D eigenvalue weighted by molar-refractivity contribution is 0.324. The molecular formula is C14H16N4S2. The molecule has 0 saturated carbocycles. The molecule has 3 aromatic rings. The first-order valence-corrected chi connectivity index (χ1v) is 8.19. The van der Waals surface area contributed by atoms with Crippen LogP contribution in [0.4, 0.5) is 5.82 Å². The third-order valence-electron chi connectivity index (χ3n) is 3.13. The lowest BCUT2D eigenvalue weighted by Gasteiger charge is -2.15. The maximum absolute atomic E-state index is 5.97. The van der Waals surface area contributed by atoms with Crippen LogP contribution in [0.25, 0.3) is 10.2 Å². The Hall–Kier alpha value is -1.50. The molecule has 0 radical (unpaired) electrons. The Balaban J connectivity index is 1.66. The lowest BCUT2D eigenvalue weighted by atomic mass is 10.3. The maximum atomic E-state index is 5.97. The maximum Gasteiger partial charge on any atom is 0.146 e. The average Bonchev–Trinajstić information content (AvgIpc) is 3.07. The van der Waals surface area contributed by atoms with Gasteiger partial charge in [0.05, 0.1) is 11.9 Å². The molecule has 0 aliphatic carbocycles. The predicted molar refractivity (Wildman–Crippen MR) is 86.2 cm³/mol. The van der Waals surface area contributed by atoms with Crippen molar-refractivity contribution in [3.05, 3.63) is 39.7 Å². The summed E-state index contributed by atoms with van der Waals surface area (Å²) in [6, 6.07) is 6.23. The molecule has 0 atom stereocenters. The van der Waals surface area contributed by atoms with Crippen LogP contribution in [0, 0.1) is 0 Å². The van der Waals surface area contributed by atoms with Crippen LogP contribution < -0.4 is 5.73 Å². The molecule has 0 aromatic carbocycles. The van der Waals surface area contributed by atoms with Gasteiger partial charge in [0.2, 0.25) is 0 Å². The summed E-state index contributed by atoms with van der Waals surface area (Å²) in [6.07, 6.45) is 1.06. The molecule has 0 unspecified atom stereocenters. The fraction of sp³-hybridized carbons (Fsp3) is 0.286. The molecule has 0 spiro atoms. The standard InChI is InChI=1S/C14H16N4S2/c1-18(6-4-10-3-2-7-19-10)9-12-16-13(15)11-5-8-20-14(11)17-12/h2-3,5,7-8H,4,6,9H2,1H3,(H2,15,16,17). The van der Waals surface area contributed by atoms with Crippen molar-refractivity contribution < 1.29 is 0 Å². The van der Waals surface area contributed by atoms with Gasteiger partial charge in [0.15, 0.2) is 0 Å². The van der Waals surface area contributed by atoms with E-state index in [2.05, 4.69) is 39.4 Å². The van der Waals surface area contributed by atoms with Gasteiger partial charge >= 0.3 is 0 Å². The van der Waals surface area contributed by atoms with Crippen LogP contribution in [-0.2, 0) is 13.0 Å². The van der Waals surface area contributed by atoms with E-state index in [1.807, 2.05) is 11.4 Å². The molecule has 20 heavy (non-hydrogen) atoms. The molecule has 0 aliphatic heterocycles. The summed E-state index contributed by atoms with van der Waals surface area (Å²) in [4.78, 5) is 13.6. The van der Waals surface area contributed by atoms with E-state index in [0.29, 0.717) is 5.82 Å². The molecule has 0 fully saturated rings. The molecule has 3 heterocycles. The van der Waals surface area contributed by atoms with E-state index in [0.717, 1.165) is 35.6 Å². The first kappa shape index (κ1) is 13.5. The van der Waals surface area contributed by atoms with Gasteiger partial charge in [-0.1, -0.05) is 6.07 Å². The van der Waals surface area contributed by atoms with Crippen LogP contribution in [0.15, 0.2) is 29.0 Å². The van der Waals surface area contributed by atoms with Crippen molar-refractivity contribution in [1.29, 1.82) is 0 Å². The van der Waals surface area contributed by atoms with Crippen LogP contribution >= 0.6 is 22.7 Å².